The van der Waals surface area contributed by atoms with E-state index >= 15 is 0 Å². The molecule has 0 unspecified atom stereocenters. The first-order chi connectivity index (χ1) is 9.56. The van der Waals surface area contributed by atoms with Gasteiger partial charge in [0.1, 0.15) is 0 Å². The Morgan fingerprint density at radius 3 is 3.00 bits per heavy atom. The van der Waals surface area contributed by atoms with Gasteiger partial charge in [0.25, 0.3) is 5.91 Å². The van der Waals surface area contributed by atoms with Crippen molar-refractivity contribution in [2.45, 2.75) is 39.2 Å². The molecule has 0 radical (unpaired) electrons. The summed E-state index contributed by atoms with van der Waals surface area (Å²) in [5, 5.41) is 3.00. The van der Waals surface area contributed by atoms with Crippen LogP contribution in [0.15, 0.2) is 12.1 Å². The van der Waals surface area contributed by atoms with E-state index in [9.17, 15) is 4.79 Å². The largest absolute Gasteiger partial charge is 0.351 e. The Kier molecular flexibility index (Phi) is 5.87. The lowest BCUT2D eigenvalue weighted by Gasteiger charge is -2.35. The predicted molar refractivity (Wildman–Crippen MR) is 85.7 cm³/mol. The first kappa shape index (κ1) is 15.8. The molecule has 3 nitrogen and oxygen atoms in total. The minimum Gasteiger partial charge on any atom is -0.351 e. The molecule has 0 bridgehead atoms. The Hall–Kier alpha value is -0.580. The number of carbonyl (C=O) groups excluding carboxylic acids is 1. The molecule has 2 rings (SSSR count). The average molecular weight is 315 g/mol. The number of hydrogen-bond donors (Lipinski definition) is 1. The van der Waals surface area contributed by atoms with Gasteiger partial charge < -0.3 is 10.2 Å². The molecule has 1 amide bonds. The van der Waals surface area contributed by atoms with Gasteiger partial charge >= 0.3 is 0 Å². The summed E-state index contributed by atoms with van der Waals surface area (Å²) in [6.07, 6.45) is 3.62. The van der Waals surface area contributed by atoms with Gasteiger partial charge in [0.2, 0.25) is 0 Å². The van der Waals surface area contributed by atoms with Crippen molar-refractivity contribution in [3.05, 3.63) is 21.3 Å². The highest BCUT2D eigenvalue weighted by molar-refractivity contribution is 7.17. The minimum atomic E-state index is -0.00146. The summed E-state index contributed by atoms with van der Waals surface area (Å²) in [5.74, 6) is 0.705. The Labute approximate surface area is 130 Å². The van der Waals surface area contributed by atoms with E-state index in [1.165, 1.54) is 37.3 Å². The quantitative estimate of drug-likeness (QED) is 0.900. The zero-order valence-electron chi connectivity index (χ0n) is 12.2. The van der Waals surface area contributed by atoms with Crippen LogP contribution in [0.2, 0.25) is 4.34 Å². The van der Waals surface area contributed by atoms with E-state index in [-0.39, 0.29) is 5.91 Å². The highest BCUT2D eigenvalue weighted by atomic mass is 35.5. The molecule has 20 heavy (non-hydrogen) atoms. The Balaban J connectivity index is 1.71. The fourth-order valence-electron chi connectivity index (χ4n) is 2.72. The number of hydrogen-bond acceptors (Lipinski definition) is 3. The third-order valence-electron chi connectivity index (χ3n) is 3.92. The molecule has 0 saturated carbocycles. The van der Waals surface area contributed by atoms with Gasteiger partial charge in [-0.15, -0.1) is 11.3 Å². The number of nitrogens with one attached hydrogen (secondary N) is 1. The molecule has 0 aliphatic carbocycles. The Morgan fingerprint density at radius 1 is 1.55 bits per heavy atom. The summed E-state index contributed by atoms with van der Waals surface area (Å²) in [6.45, 7) is 7.65. The van der Waals surface area contributed by atoms with Gasteiger partial charge in [0.15, 0.2) is 0 Å². The molecule has 1 aliphatic rings. The van der Waals surface area contributed by atoms with Gasteiger partial charge in [0, 0.05) is 19.1 Å². The lowest BCUT2D eigenvalue weighted by molar-refractivity contribution is 0.0946. The maximum absolute atomic E-state index is 11.9. The molecule has 1 aromatic rings. The molecule has 1 atom stereocenters. The number of amides is 1. The van der Waals surface area contributed by atoms with Crippen molar-refractivity contribution in [2.24, 2.45) is 5.92 Å². The lowest BCUT2D eigenvalue weighted by atomic mass is 9.94. The zero-order valence-corrected chi connectivity index (χ0v) is 13.8. The SMILES string of the molecule is CC(C)N1CCC[C@H](CCNC(=O)c2ccc(Cl)s2)C1. The summed E-state index contributed by atoms with van der Waals surface area (Å²) in [7, 11) is 0. The third-order valence-corrected chi connectivity index (χ3v) is 5.15. The molecular formula is C15H23ClN2OS. The number of halogens is 1. The van der Waals surface area contributed by atoms with Crippen molar-refractivity contribution in [1.82, 2.24) is 10.2 Å². The topological polar surface area (TPSA) is 32.3 Å². The molecule has 5 heteroatoms. The highest BCUT2D eigenvalue weighted by Crippen LogP contribution is 2.22. The van der Waals surface area contributed by atoms with Crippen molar-refractivity contribution in [1.29, 1.82) is 0 Å². The van der Waals surface area contributed by atoms with E-state index in [1.54, 1.807) is 12.1 Å². The minimum absolute atomic E-state index is 0.00146. The molecule has 1 N–H and O–H groups in total. The number of thiophene rings is 1. The van der Waals surface area contributed by atoms with Crippen LogP contribution in [0.1, 0.15) is 42.8 Å². The summed E-state index contributed by atoms with van der Waals surface area (Å²) in [6, 6.07) is 4.17. The average Bonchev–Trinajstić information content (AvgIpc) is 2.86. The van der Waals surface area contributed by atoms with Crippen LogP contribution in [0.4, 0.5) is 0 Å². The molecular weight excluding hydrogens is 292 g/mol. The zero-order chi connectivity index (χ0) is 14.5. The van der Waals surface area contributed by atoms with Crippen molar-refractivity contribution in [3.8, 4) is 0 Å². The van der Waals surface area contributed by atoms with Crippen LogP contribution in [-0.2, 0) is 0 Å². The van der Waals surface area contributed by atoms with E-state index in [1.807, 2.05) is 0 Å². The normalized spacial score (nSPS) is 20.3. The Bertz CT molecular complexity index is 447. The number of carbonyl (C=O) groups is 1. The molecule has 0 spiro atoms. The number of rotatable bonds is 5. The van der Waals surface area contributed by atoms with Crippen LogP contribution in [0, 0.1) is 5.92 Å². The van der Waals surface area contributed by atoms with Gasteiger partial charge in [-0.25, -0.2) is 0 Å². The molecule has 1 saturated heterocycles. The van der Waals surface area contributed by atoms with E-state index in [4.69, 9.17) is 11.6 Å². The van der Waals surface area contributed by atoms with Crippen molar-refractivity contribution in [3.63, 3.8) is 0 Å². The molecule has 112 valence electrons. The second-order valence-electron chi connectivity index (χ2n) is 5.75. The highest BCUT2D eigenvalue weighted by Gasteiger charge is 2.21. The van der Waals surface area contributed by atoms with Crippen molar-refractivity contribution >= 4 is 28.8 Å². The molecule has 1 aromatic heterocycles. The van der Waals surface area contributed by atoms with Crippen LogP contribution in [0.5, 0.6) is 0 Å². The second-order valence-corrected chi connectivity index (χ2v) is 7.46. The summed E-state index contributed by atoms with van der Waals surface area (Å²) in [5.41, 5.74) is 0. The maximum Gasteiger partial charge on any atom is 0.261 e. The van der Waals surface area contributed by atoms with Crippen LogP contribution in [0.3, 0.4) is 0 Å². The van der Waals surface area contributed by atoms with E-state index in [0.29, 0.717) is 21.2 Å². The molecule has 0 aromatic carbocycles. The van der Waals surface area contributed by atoms with E-state index in [2.05, 4.69) is 24.1 Å². The van der Waals surface area contributed by atoms with Gasteiger partial charge in [-0.2, -0.15) is 0 Å². The van der Waals surface area contributed by atoms with Crippen LogP contribution in [0.25, 0.3) is 0 Å². The van der Waals surface area contributed by atoms with Gasteiger partial charge in [-0.1, -0.05) is 11.6 Å². The summed E-state index contributed by atoms with van der Waals surface area (Å²) < 4.78 is 0.662. The predicted octanol–water partition coefficient (Wildman–Crippen LogP) is 3.64. The smallest absolute Gasteiger partial charge is 0.261 e. The first-order valence-corrected chi connectivity index (χ1v) is 8.53. The standard InChI is InChI=1S/C15H23ClN2OS/c1-11(2)18-9-3-4-12(10-18)7-8-17-15(19)13-5-6-14(16)20-13/h5-6,11-12H,3-4,7-10H2,1-2H3,(H,17,19)/t12-/m1/s1. The fraction of sp³-hybridized carbons (Fsp3) is 0.667. The van der Waals surface area contributed by atoms with E-state index < -0.39 is 0 Å². The van der Waals surface area contributed by atoms with Crippen LogP contribution in [-0.4, -0.2) is 36.5 Å². The van der Waals surface area contributed by atoms with Gasteiger partial charge in [0.05, 0.1) is 9.21 Å². The van der Waals surface area contributed by atoms with Crippen molar-refractivity contribution < 1.29 is 4.79 Å². The first-order valence-electron chi connectivity index (χ1n) is 7.34. The summed E-state index contributed by atoms with van der Waals surface area (Å²) >= 11 is 7.17. The molecule has 2 heterocycles. The van der Waals surface area contributed by atoms with Crippen LogP contribution < -0.4 is 5.32 Å². The fourth-order valence-corrected chi connectivity index (χ4v) is 3.67. The number of nitrogens with zero attached hydrogens (tertiary/aromatic N) is 1. The second kappa shape index (κ2) is 7.43. The van der Waals surface area contributed by atoms with Gasteiger partial charge in [-0.05, 0) is 57.7 Å². The Morgan fingerprint density at radius 2 is 2.35 bits per heavy atom. The van der Waals surface area contributed by atoms with E-state index in [0.717, 1.165) is 13.0 Å². The summed E-state index contributed by atoms with van der Waals surface area (Å²) in [4.78, 5) is 15.1. The lowest BCUT2D eigenvalue weighted by Crippen LogP contribution is -2.40. The molecule has 1 fully saturated rings. The molecule has 1 aliphatic heterocycles. The number of likely N-dealkylation sites (tertiary alicyclic amines) is 1. The number of piperidine rings is 1. The monoisotopic (exact) mass is 314 g/mol. The van der Waals surface area contributed by atoms with Gasteiger partial charge in [-0.3, -0.25) is 4.79 Å². The maximum atomic E-state index is 11.9. The van der Waals surface area contributed by atoms with Crippen LogP contribution >= 0.6 is 22.9 Å². The third kappa shape index (κ3) is 4.47. The van der Waals surface area contributed by atoms with Crippen molar-refractivity contribution in [2.75, 3.05) is 19.6 Å².